The molecule has 5 rings (SSSR count). The SMILES string of the molecule is [C-]#[N+]c1cc(C2(NC(=O)c3cc(OCC4CCN4C)ccc3C)CC2)c2ccccc2c1. The molecule has 1 N–H and O–H groups in total. The lowest BCUT2D eigenvalue weighted by Crippen LogP contribution is -2.48. The normalized spacial score (nSPS) is 19.1. The number of ether oxygens (including phenoxy) is 1. The van der Waals surface area contributed by atoms with Crippen molar-refractivity contribution in [1.82, 2.24) is 10.2 Å². The Kier molecular flexibility index (Phi) is 5.11. The van der Waals surface area contributed by atoms with Crippen LogP contribution in [0.15, 0.2) is 54.6 Å². The number of fused-ring (bicyclic) bond motifs is 1. The van der Waals surface area contributed by atoms with Crippen molar-refractivity contribution in [2.24, 2.45) is 0 Å². The van der Waals surface area contributed by atoms with Crippen LogP contribution in [0.5, 0.6) is 5.75 Å². The number of likely N-dealkylation sites (tertiary alicyclic amines) is 1. The Morgan fingerprint density at radius 2 is 2.03 bits per heavy atom. The zero-order valence-corrected chi connectivity index (χ0v) is 18.5. The third-order valence-electron chi connectivity index (χ3n) is 6.93. The Morgan fingerprint density at radius 3 is 2.72 bits per heavy atom. The van der Waals surface area contributed by atoms with Crippen LogP contribution < -0.4 is 10.1 Å². The fraction of sp³-hybridized carbons (Fsp3) is 0.333. The van der Waals surface area contributed by atoms with Crippen LogP contribution in [0.25, 0.3) is 15.6 Å². The van der Waals surface area contributed by atoms with Crippen molar-refractivity contribution in [3.05, 3.63) is 82.7 Å². The minimum atomic E-state index is -0.421. The number of nitrogens with one attached hydrogen (secondary N) is 1. The van der Waals surface area contributed by atoms with Gasteiger partial charge in [0, 0.05) is 11.6 Å². The maximum absolute atomic E-state index is 13.4. The van der Waals surface area contributed by atoms with Crippen molar-refractivity contribution in [1.29, 1.82) is 0 Å². The topological polar surface area (TPSA) is 45.9 Å². The van der Waals surface area contributed by atoms with Gasteiger partial charge in [0.15, 0.2) is 5.69 Å². The summed E-state index contributed by atoms with van der Waals surface area (Å²) in [7, 11) is 2.10. The van der Waals surface area contributed by atoms with E-state index >= 15 is 0 Å². The lowest BCUT2D eigenvalue weighted by molar-refractivity contribution is 0.0767. The molecule has 3 aromatic carbocycles. The van der Waals surface area contributed by atoms with Gasteiger partial charge in [-0.25, -0.2) is 4.85 Å². The van der Waals surface area contributed by atoms with E-state index in [1.165, 1.54) is 0 Å². The highest BCUT2D eigenvalue weighted by Gasteiger charge is 2.46. The molecule has 0 bridgehead atoms. The molecular formula is C27H27N3O2. The summed E-state index contributed by atoms with van der Waals surface area (Å²) in [5.41, 5.74) is 2.78. The van der Waals surface area contributed by atoms with Gasteiger partial charge in [-0.1, -0.05) is 36.4 Å². The minimum absolute atomic E-state index is 0.0940. The van der Waals surface area contributed by atoms with Crippen molar-refractivity contribution in [3.63, 3.8) is 0 Å². The van der Waals surface area contributed by atoms with Gasteiger partial charge < -0.3 is 10.1 Å². The highest BCUT2D eigenvalue weighted by Crippen LogP contribution is 2.49. The van der Waals surface area contributed by atoms with Gasteiger partial charge in [-0.15, -0.1) is 0 Å². The standard InChI is InChI=1S/C27H27N3O2/c1-18-8-9-22(32-17-21-10-13-30(21)3)16-24(18)26(31)29-27(11-12-27)25-15-20(28-2)14-19-6-4-5-7-23(19)25/h4-9,14-16,21H,10-13,17H2,1,3H3,(H,29,31). The summed E-state index contributed by atoms with van der Waals surface area (Å²) < 4.78 is 5.99. The molecule has 1 saturated carbocycles. The van der Waals surface area contributed by atoms with Crippen molar-refractivity contribution < 1.29 is 9.53 Å². The van der Waals surface area contributed by atoms with Crippen LogP contribution in [-0.4, -0.2) is 37.0 Å². The first kappa shape index (κ1) is 20.5. The molecule has 162 valence electrons. The van der Waals surface area contributed by atoms with Crippen LogP contribution >= 0.6 is 0 Å². The quantitative estimate of drug-likeness (QED) is 0.552. The Bertz CT molecular complexity index is 1240. The van der Waals surface area contributed by atoms with E-state index in [1.807, 2.05) is 55.5 Å². The summed E-state index contributed by atoms with van der Waals surface area (Å²) in [6.07, 6.45) is 2.89. The van der Waals surface area contributed by atoms with Crippen LogP contribution in [-0.2, 0) is 5.54 Å². The predicted molar refractivity (Wildman–Crippen MR) is 126 cm³/mol. The zero-order valence-electron chi connectivity index (χ0n) is 18.5. The van der Waals surface area contributed by atoms with E-state index in [2.05, 4.69) is 28.2 Å². The molecule has 1 unspecified atom stereocenters. The first-order valence-corrected chi connectivity index (χ1v) is 11.2. The summed E-state index contributed by atoms with van der Waals surface area (Å²) in [4.78, 5) is 19.3. The second-order valence-corrected chi connectivity index (χ2v) is 9.07. The van der Waals surface area contributed by atoms with Crippen molar-refractivity contribution in [2.45, 2.75) is 37.8 Å². The van der Waals surface area contributed by atoms with Gasteiger partial charge in [0.2, 0.25) is 0 Å². The van der Waals surface area contributed by atoms with Crippen LogP contribution in [0.1, 0.15) is 40.7 Å². The summed E-state index contributed by atoms with van der Waals surface area (Å²) in [6, 6.07) is 18.1. The average Bonchev–Trinajstić information content (AvgIpc) is 3.58. The molecule has 1 atom stereocenters. The van der Waals surface area contributed by atoms with Gasteiger partial charge in [-0.05, 0) is 79.9 Å². The third kappa shape index (κ3) is 3.72. The van der Waals surface area contributed by atoms with Crippen molar-refractivity contribution >= 4 is 22.4 Å². The number of hydrogen-bond donors (Lipinski definition) is 1. The van der Waals surface area contributed by atoms with Crippen LogP contribution in [0.4, 0.5) is 5.69 Å². The third-order valence-corrected chi connectivity index (χ3v) is 6.93. The number of carbonyl (C=O) groups is 1. The summed E-state index contributed by atoms with van der Waals surface area (Å²) >= 11 is 0. The maximum atomic E-state index is 13.4. The number of carbonyl (C=O) groups excluding carboxylic acids is 1. The second-order valence-electron chi connectivity index (χ2n) is 9.07. The summed E-state index contributed by atoms with van der Waals surface area (Å²) in [5, 5.41) is 5.43. The summed E-state index contributed by atoms with van der Waals surface area (Å²) in [6.45, 7) is 11.2. The van der Waals surface area contributed by atoms with Gasteiger partial charge in [0.05, 0.1) is 12.1 Å². The molecule has 0 spiro atoms. The Labute approximate surface area is 188 Å². The van der Waals surface area contributed by atoms with E-state index in [0.29, 0.717) is 23.9 Å². The van der Waals surface area contributed by atoms with Crippen molar-refractivity contribution in [2.75, 3.05) is 20.2 Å². The monoisotopic (exact) mass is 425 g/mol. The summed E-state index contributed by atoms with van der Waals surface area (Å²) in [5.74, 6) is 0.634. The number of nitrogens with zero attached hydrogens (tertiary/aromatic N) is 2. The van der Waals surface area contributed by atoms with Gasteiger partial charge >= 0.3 is 0 Å². The highest BCUT2D eigenvalue weighted by molar-refractivity contribution is 5.98. The maximum Gasteiger partial charge on any atom is 0.252 e. The van der Waals surface area contributed by atoms with E-state index in [1.54, 1.807) is 0 Å². The van der Waals surface area contributed by atoms with Crippen LogP contribution in [0.3, 0.4) is 0 Å². The molecule has 2 aliphatic rings. The average molecular weight is 426 g/mol. The first-order valence-electron chi connectivity index (χ1n) is 11.2. The molecule has 5 nitrogen and oxygen atoms in total. The van der Waals surface area contributed by atoms with Gasteiger partial charge in [-0.2, -0.15) is 0 Å². The fourth-order valence-electron chi connectivity index (χ4n) is 4.53. The number of amides is 1. The fourth-order valence-corrected chi connectivity index (χ4v) is 4.53. The molecule has 2 fully saturated rings. The number of benzene rings is 3. The Morgan fingerprint density at radius 1 is 1.22 bits per heavy atom. The first-order chi connectivity index (χ1) is 15.5. The van der Waals surface area contributed by atoms with Crippen LogP contribution in [0.2, 0.25) is 0 Å². The lowest BCUT2D eigenvalue weighted by Gasteiger charge is -2.37. The van der Waals surface area contributed by atoms with Crippen LogP contribution in [0, 0.1) is 13.5 Å². The molecular weight excluding hydrogens is 398 g/mol. The molecule has 5 heteroatoms. The molecule has 0 radical (unpaired) electrons. The van der Waals surface area contributed by atoms with E-state index in [0.717, 1.165) is 53.5 Å². The highest BCUT2D eigenvalue weighted by atomic mass is 16.5. The number of rotatable bonds is 6. The van der Waals surface area contributed by atoms with E-state index in [9.17, 15) is 4.79 Å². The zero-order chi connectivity index (χ0) is 22.3. The lowest BCUT2D eigenvalue weighted by atomic mass is 9.95. The number of likely N-dealkylation sites (N-methyl/N-ethyl adjacent to an activating group) is 1. The Balaban J connectivity index is 1.40. The Hall–Kier alpha value is -3.36. The van der Waals surface area contributed by atoms with Gasteiger partial charge in [-0.3, -0.25) is 9.69 Å². The predicted octanol–water partition coefficient (Wildman–Crippen LogP) is 5.20. The second kappa shape index (κ2) is 7.96. The largest absolute Gasteiger partial charge is 0.492 e. The molecule has 1 aliphatic heterocycles. The van der Waals surface area contributed by atoms with Gasteiger partial charge in [0.25, 0.3) is 5.91 Å². The molecule has 1 heterocycles. The molecule has 3 aromatic rings. The number of hydrogen-bond acceptors (Lipinski definition) is 3. The van der Waals surface area contributed by atoms with E-state index in [-0.39, 0.29) is 5.91 Å². The molecule has 0 aromatic heterocycles. The number of aryl methyl sites for hydroxylation is 1. The van der Waals surface area contributed by atoms with Gasteiger partial charge in [0.1, 0.15) is 12.4 Å². The smallest absolute Gasteiger partial charge is 0.252 e. The van der Waals surface area contributed by atoms with E-state index < -0.39 is 5.54 Å². The molecule has 1 aliphatic carbocycles. The van der Waals surface area contributed by atoms with E-state index in [4.69, 9.17) is 11.3 Å². The minimum Gasteiger partial charge on any atom is -0.492 e. The van der Waals surface area contributed by atoms with Crippen molar-refractivity contribution in [3.8, 4) is 5.75 Å². The molecule has 1 amide bonds. The molecule has 32 heavy (non-hydrogen) atoms. The molecule has 1 saturated heterocycles.